The van der Waals surface area contributed by atoms with Crippen molar-refractivity contribution in [1.82, 2.24) is 0 Å². The summed E-state index contributed by atoms with van der Waals surface area (Å²) in [5.74, 6) is -0.886. The molecule has 0 aromatic heterocycles. The zero-order chi connectivity index (χ0) is 41.4. The second-order valence-corrected chi connectivity index (χ2v) is 16.7. The summed E-state index contributed by atoms with van der Waals surface area (Å²) in [6.07, 6.45) is 46.4. The van der Waals surface area contributed by atoms with Crippen molar-refractivity contribution < 1.29 is 42.1 Å². The Morgan fingerprint density at radius 2 is 1.02 bits per heavy atom. The Labute approximate surface area is 342 Å². The Bertz CT molecular complexity index is 1180. The number of phosphoric acid groups is 1. The summed E-state index contributed by atoms with van der Waals surface area (Å²) >= 11 is 0. The Morgan fingerprint density at radius 1 is 0.571 bits per heavy atom. The van der Waals surface area contributed by atoms with Gasteiger partial charge in [-0.3, -0.25) is 14.2 Å². The Kier molecular flexibility index (Phi) is 36.3. The first kappa shape index (κ1) is 53.5. The number of carbonyl (C=O) groups excluding carboxylic acids is 2. The molecule has 0 saturated heterocycles. The fraction of sp³-hybridized carbons (Fsp3) is 0.696. The maximum absolute atomic E-state index is 12.7. The van der Waals surface area contributed by atoms with E-state index in [0.29, 0.717) is 23.9 Å². The third-order valence-corrected chi connectivity index (χ3v) is 9.67. The van der Waals surface area contributed by atoms with E-state index >= 15 is 0 Å². The molecule has 322 valence electrons. The second-order valence-electron chi connectivity index (χ2n) is 15.3. The first-order valence-electron chi connectivity index (χ1n) is 21.6. The van der Waals surface area contributed by atoms with Crippen LogP contribution in [0.5, 0.6) is 0 Å². The summed E-state index contributed by atoms with van der Waals surface area (Å²) in [5.41, 5.74) is 0. The quantitative estimate of drug-likeness (QED) is 0.0199. The topological polar surface area (TPSA) is 111 Å². The number of likely N-dealkylation sites (N-methyl/N-ethyl adjacent to an activating group) is 1. The number of hydrogen-bond donors (Lipinski definition) is 0. The average Bonchev–Trinajstić information content (AvgIpc) is 3.15. The van der Waals surface area contributed by atoms with Crippen LogP contribution < -0.4 is 4.89 Å². The minimum absolute atomic E-state index is 0.0421. The van der Waals surface area contributed by atoms with Gasteiger partial charge in [-0.25, -0.2) is 0 Å². The third-order valence-electron chi connectivity index (χ3n) is 8.71. The lowest BCUT2D eigenvalue weighted by Crippen LogP contribution is -2.37. The molecule has 0 aromatic rings. The van der Waals surface area contributed by atoms with E-state index in [-0.39, 0.29) is 26.1 Å². The number of rotatable bonds is 38. The van der Waals surface area contributed by atoms with Crippen molar-refractivity contribution in [1.29, 1.82) is 0 Å². The lowest BCUT2D eigenvalue weighted by molar-refractivity contribution is -0.870. The molecule has 0 heterocycles. The largest absolute Gasteiger partial charge is 0.756 e. The average molecular weight is 806 g/mol. The monoisotopic (exact) mass is 806 g/mol. The molecule has 0 spiro atoms. The molecule has 0 radical (unpaired) electrons. The van der Waals surface area contributed by atoms with Crippen LogP contribution >= 0.6 is 7.82 Å². The summed E-state index contributed by atoms with van der Waals surface area (Å²) in [6, 6.07) is 0. The molecule has 0 N–H and O–H groups in total. The van der Waals surface area contributed by atoms with Crippen LogP contribution in [0.25, 0.3) is 0 Å². The smallest absolute Gasteiger partial charge is 0.306 e. The van der Waals surface area contributed by atoms with E-state index in [1.165, 1.54) is 25.7 Å². The van der Waals surface area contributed by atoms with Crippen molar-refractivity contribution in [2.24, 2.45) is 0 Å². The van der Waals surface area contributed by atoms with Crippen molar-refractivity contribution in [2.75, 3.05) is 47.5 Å². The molecular weight excluding hydrogens is 725 g/mol. The van der Waals surface area contributed by atoms with Gasteiger partial charge in [-0.1, -0.05) is 132 Å². The fourth-order valence-electron chi connectivity index (χ4n) is 5.32. The Balaban J connectivity index is 4.46. The number of ether oxygens (including phenoxy) is 2. The highest BCUT2D eigenvalue weighted by Gasteiger charge is 2.21. The molecule has 2 atom stereocenters. The zero-order valence-corrected chi connectivity index (χ0v) is 36.9. The molecule has 0 aromatic carbocycles. The van der Waals surface area contributed by atoms with Crippen LogP contribution in [0.3, 0.4) is 0 Å². The fourth-order valence-corrected chi connectivity index (χ4v) is 6.05. The van der Waals surface area contributed by atoms with Gasteiger partial charge in [0.05, 0.1) is 27.7 Å². The number of hydrogen-bond acceptors (Lipinski definition) is 8. The number of phosphoric ester groups is 1. The van der Waals surface area contributed by atoms with E-state index in [1.807, 2.05) is 21.1 Å². The van der Waals surface area contributed by atoms with Gasteiger partial charge < -0.3 is 27.9 Å². The van der Waals surface area contributed by atoms with Gasteiger partial charge in [0.25, 0.3) is 7.82 Å². The molecule has 0 fully saturated rings. The molecule has 56 heavy (non-hydrogen) atoms. The normalized spacial score (nSPS) is 14.3. The first-order chi connectivity index (χ1) is 27.0. The highest BCUT2D eigenvalue weighted by atomic mass is 31.2. The summed E-state index contributed by atoms with van der Waals surface area (Å²) in [6.45, 7) is 4.02. The molecule has 0 aliphatic heterocycles. The van der Waals surface area contributed by atoms with E-state index in [0.717, 1.165) is 89.9 Å². The molecule has 9 nitrogen and oxygen atoms in total. The number of esters is 2. The lowest BCUT2D eigenvalue weighted by atomic mass is 10.1. The van der Waals surface area contributed by atoms with Crippen molar-refractivity contribution in [3.8, 4) is 0 Å². The van der Waals surface area contributed by atoms with Gasteiger partial charge in [-0.15, -0.1) is 0 Å². The standard InChI is InChI=1S/C46H80NO8P/c1-6-8-10-12-14-16-18-20-22-23-25-27-29-31-33-35-37-39-46(49)55-44(43-54-56(50,51)53-41-40-47(3,4)5)42-52-45(48)38-36-34-32-30-28-26-24-21-19-17-15-13-11-9-7-2/h8,10,14-17,20-22,24-25,27,44H,6-7,9,11-13,18-19,23,26,28-43H2,1-5H3/b10-8-,16-14-,17-15-,22-20-,24-21-,27-25-/t44-/m1/s1. The van der Waals surface area contributed by atoms with E-state index in [1.54, 1.807) is 0 Å². The maximum Gasteiger partial charge on any atom is 0.306 e. The molecule has 0 amide bonds. The van der Waals surface area contributed by atoms with Gasteiger partial charge in [-0.2, -0.15) is 0 Å². The van der Waals surface area contributed by atoms with Crippen LogP contribution in [0.15, 0.2) is 72.9 Å². The summed E-state index contributed by atoms with van der Waals surface area (Å²) in [7, 11) is 1.13. The first-order valence-corrected chi connectivity index (χ1v) is 23.1. The van der Waals surface area contributed by atoms with Crippen LogP contribution in [-0.2, 0) is 32.7 Å². The van der Waals surface area contributed by atoms with Crippen molar-refractivity contribution >= 4 is 19.8 Å². The van der Waals surface area contributed by atoms with Crippen molar-refractivity contribution in [3.63, 3.8) is 0 Å². The van der Waals surface area contributed by atoms with Crippen LogP contribution in [0, 0.1) is 0 Å². The summed E-state index contributed by atoms with van der Waals surface area (Å²) in [4.78, 5) is 37.5. The molecule has 10 heteroatoms. The summed E-state index contributed by atoms with van der Waals surface area (Å²) < 4.78 is 33.8. The van der Waals surface area contributed by atoms with E-state index < -0.39 is 32.5 Å². The second kappa shape index (κ2) is 38.0. The highest BCUT2D eigenvalue weighted by Crippen LogP contribution is 2.38. The SMILES string of the molecule is CC/C=C\C/C=C\C/C=C\C/C=C\CCCCCCC(=O)O[C@H](COC(=O)CCCCCCC/C=C\C/C=C\CCCCC)COP(=O)([O-])OCC[N+](C)(C)C. The van der Waals surface area contributed by atoms with Crippen LogP contribution in [0.4, 0.5) is 0 Å². The van der Waals surface area contributed by atoms with E-state index in [4.69, 9.17) is 18.5 Å². The molecule has 0 aliphatic rings. The number of quaternary nitrogens is 1. The zero-order valence-electron chi connectivity index (χ0n) is 36.1. The number of allylic oxidation sites excluding steroid dienone is 12. The number of nitrogens with zero attached hydrogens (tertiary/aromatic N) is 1. The van der Waals surface area contributed by atoms with Gasteiger partial charge in [0.2, 0.25) is 0 Å². The van der Waals surface area contributed by atoms with E-state index in [2.05, 4.69) is 86.8 Å². The molecule has 1 unspecified atom stereocenters. The molecule has 0 bridgehead atoms. The lowest BCUT2D eigenvalue weighted by Gasteiger charge is -2.28. The van der Waals surface area contributed by atoms with Gasteiger partial charge in [0.15, 0.2) is 6.10 Å². The number of carbonyl (C=O) groups is 2. The Morgan fingerprint density at radius 3 is 1.52 bits per heavy atom. The summed E-state index contributed by atoms with van der Waals surface area (Å²) in [5, 5.41) is 0. The van der Waals surface area contributed by atoms with Crippen molar-refractivity contribution in [2.45, 2.75) is 161 Å². The highest BCUT2D eigenvalue weighted by molar-refractivity contribution is 7.45. The molecule has 0 rings (SSSR count). The van der Waals surface area contributed by atoms with Gasteiger partial charge in [0.1, 0.15) is 19.8 Å². The van der Waals surface area contributed by atoms with E-state index in [9.17, 15) is 19.0 Å². The predicted octanol–water partition coefficient (Wildman–Crippen LogP) is 11.6. The minimum Gasteiger partial charge on any atom is -0.756 e. The van der Waals surface area contributed by atoms with Crippen molar-refractivity contribution in [3.05, 3.63) is 72.9 Å². The van der Waals surface area contributed by atoms with Crippen LogP contribution in [-0.4, -0.2) is 70.0 Å². The Hall–Kier alpha value is -2.55. The molecule has 0 aliphatic carbocycles. The number of unbranched alkanes of at least 4 members (excludes halogenated alkanes) is 12. The minimum atomic E-state index is -4.64. The van der Waals surface area contributed by atoms with Gasteiger partial charge in [-0.05, 0) is 83.5 Å². The molecule has 0 saturated carbocycles. The van der Waals surface area contributed by atoms with Gasteiger partial charge in [0, 0.05) is 12.8 Å². The van der Waals surface area contributed by atoms with Crippen LogP contribution in [0.2, 0.25) is 0 Å². The predicted molar refractivity (Wildman–Crippen MR) is 231 cm³/mol. The van der Waals surface area contributed by atoms with Gasteiger partial charge >= 0.3 is 11.9 Å². The molecular formula is C46H80NO8P. The maximum atomic E-state index is 12.7. The van der Waals surface area contributed by atoms with Crippen LogP contribution in [0.1, 0.15) is 155 Å². The third kappa shape index (κ3) is 41.1.